The van der Waals surface area contributed by atoms with E-state index in [1.165, 1.54) is 11.3 Å². The molecule has 6 heteroatoms. The van der Waals surface area contributed by atoms with Crippen LogP contribution in [0.1, 0.15) is 21.7 Å². The van der Waals surface area contributed by atoms with E-state index in [0.717, 1.165) is 32.2 Å². The van der Waals surface area contributed by atoms with Crippen molar-refractivity contribution in [3.05, 3.63) is 41.2 Å². The molecule has 0 unspecified atom stereocenters. The molecule has 0 fully saturated rings. The Hall–Kier alpha value is -2.34. The number of aromatic carboxylic acids is 1. The number of rotatable bonds is 2. The highest BCUT2D eigenvalue weighted by atomic mass is 32.1. The predicted octanol–water partition coefficient (Wildman–Crippen LogP) is 3.07. The normalized spacial score (nSPS) is 10.9. The first-order valence-corrected chi connectivity index (χ1v) is 6.81. The number of carboxylic acid groups (broad SMARTS) is 1. The first-order chi connectivity index (χ1) is 9.54. The minimum atomic E-state index is -0.931. The zero-order valence-corrected chi connectivity index (χ0v) is 11.7. The second kappa shape index (κ2) is 4.64. The standard InChI is InChI=1S/C14H11N3O2S/c1-7-5-10(8(2)17-16-7)13-15-11-4-3-9(14(18)19)6-12(11)20-13/h3-6H,1-2H3,(H,18,19). The molecule has 0 amide bonds. The van der Waals surface area contributed by atoms with Crippen LogP contribution in [0.5, 0.6) is 0 Å². The van der Waals surface area contributed by atoms with Gasteiger partial charge >= 0.3 is 5.97 Å². The third kappa shape index (κ3) is 2.14. The molecule has 0 radical (unpaired) electrons. The number of fused-ring (bicyclic) bond motifs is 1. The van der Waals surface area contributed by atoms with E-state index in [9.17, 15) is 4.79 Å². The van der Waals surface area contributed by atoms with Gasteiger partial charge in [-0.1, -0.05) is 0 Å². The molecular formula is C14H11N3O2S. The van der Waals surface area contributed by atoms with Crippen molar-refractivity contribution in [1.29, 1.82) is 0 Å². The number of benzene rings is 1. The summed E-state index contributed by atoms with van der Waals surface area (Å²) in [6.07, 6.45) is 0. The first kappa shape index (κ1) is 12.7. The summed E-state index contributed by atoms with van der Waals surface area (Å²) in [5, 5.41) is 17.9. The highest BCUT2D eigenvalue weighted by Crippen LogP contribution is 2.32. The van der Waals surface area contributed by atoms with E-state index in [2.05, 4.69) is 15.2 Å². The van der Waals surface area contributed by atoms with Gasteiger partial charge in [-0.3, -0.25) is 0 Å². The summed E-state index contributed by atoms with van der Waals surface area (Å²) in [5.74, 6) is -0.931. The molecule has 0 aliphatic heterocycles. The first-order valence-electron chi connectivity index (χ1n) is 6.00. The van der Waals surface area contributed by atoms with Gasteiger partial charge in [0.1, 0.15) is 5.01 Å². The summed E-state index contributed by atoms with van der Waals surface area (Å²) >= 11 is 1.46. The molecule has 0 spiro atoms. The quantitative estimate of drug-likeness (QED) is 0.783. The van der Waals surface area contributed by atoms with Gasteiger partial charge in [-0.2, -0.15) is 10.2 Å². The van der Waals surface area contributed by atoms with Gasteiger partial charge in [-0.05, 0) is 38.1 Å². The molecule has 100 valence electrons. The van der Waals surface area contributed by atoms with Crippen LogP contribution in [0.15, 0.2) is 24.3 Å². The molecule has 0 bridgehead atoms. The van der Waals surface area contributed by atoms with Crippen LogP contribution < -0.4 is 0 Å². The summed E-state index contributed by atoms with van der Waals surface area (Å²) in [4.78, 5) is 15.5. The fourth-order valence-electron chi connectivity index (χ4n) is 1.94. The Kier molecular flexibility index (Phi) is 2.94. The van der Waals surface area contributed by atoms with Crippen LogP contribution in [-0.4, -0.2) is 26.3 Å². The van der Waals surface area contributed by atoms with Crippen LogP contribution in [0, 0.1) is 13.8 Å². The van der Waals surface area contributed by atoms with E-state index in [1.807, 2.05) is 19.9 Å². The molecule has 3 aromatic rings. The third-order valence-corrected chi connectivity index (χ3v) is 4.02. The van der Waals surface area contributed by atoms with E-state index in [-0.39, 0.29) is 5.56 Å². The van der Waals surface area contributed by atoms with Gasteiger partial charge in [-0.15, -0.1) is 11.3 Å². The van der Waals surface area contributed by atoms with Crippen molar-refractivity contribution in [2.24, 2.45) is 0 Å². The summed E-state index contributed by atoms with van der Waals surface area (Å²) in [6, 6.07) is 6.89. The number of hydrogen-bond donors (Lipinski definition) is 1. The molecular weight excluding hydrogens is 274 g/mol. The molecule has 0 saturated heterocycles. The average molecular weight is 285 g/mol. The summed E-state index contributed by atoms with van der Waals surface area (Å²) in [5.41, 5.74) is 3.65. The van der Waals surface area contributed by atoms with E-state index >= 15 is 0 Å². The Labute approximate surface area is 118 Å². The third-order valence-electron chi connectivity index (χ3n) is 2.97. The Balaban J connectivity index is 2.17. The number of carboxylic acids is 1. The molecule has 5 nitrogen and oxygen atoms in total. The van der Waals surface area contributed by atoms with Crippen LogP contribution >= 0.6 is 11.3 Å². The van der Waals surface area contributed by atoms with Crippen LogP contribution in [0.25, 0.3) is 20.8 Å². The Bertz CT molecular complexity index is 826. The summed E-state index contributed by atoms with van der Waals surface area (Å²) in [7, 11) is 0. The highest BCUT2D eigenvalue weighted by molar-refractivity contribution is 7.21. The monoisotopic (exact) mass is 285 g/mol. The molecule has 0 aliphatic rings. The molecule has 0 atom stereocenters. The summed E-state index contributed by atoms with van der Waals surface area (Å²) < 4.78 is 0.855. The van der Waals surface area contributed by atoms with Gasteiger partial charge in [0.2, 0.25) is 0 Å². The van der Waals surface area contributed by atoms with Crippen molar-refractivity contribution in [3.63, 3.8) is 0 Å². The minimum absolute atomic E-state index is 0.272. The van der Waals surface area contributed by atoms with Crippen molar-refractivity contribution in [3.8, 4) is 10.6 Å². The van der Waals surface area contributed by atoms with Gasteiger partial charge in [0.25, 0.3) is 0 Å². The predicted molar refractivity (Wildman–Crippen MR) is 77.1 cm³/mol. The maximum atomic E-state index is 11.0. The van der Waals surface area contributed by atoms with E-state index < -0.39 is 5.97 Å². The highest BCUT2D eigenvalue weighted by Gasteiger charge is 2.12. The number of thiazole rings is 1. The molecule has 0 aliphatic carbocycles. The molecule has 2 heterocycles. The maximum absolute atomic E-state index is 11.0. The van der Waals surface area contributed by atoms with Crippen molar-refractivity contribution in [2.45, 2.75) is 13.8 Å². The van der Waals surface area contributed by atoms with Gasteiger partial charge < -0.3 is 5.11 Å². The number of hydrogen-bond acceptors (Lipinski definition) is 5. The molecule has 2 aromatic heterocycles. The van der Waals surface area contributed by atoms with E-state index in [4.69, 9.17) is 5.11 Å². The van der Waals surface area contributed by atoms with Crippen LogP contribution in [0.3, 0.4) is 0 Å². The van der Waals surface area contributed by atoms with E-state index in [1.54, 1.807) is 18.2 Å². The smallest absolute Gasteiger partial charge is 0.335 e. The second-order valence-corrected chi connectivity index (χ2v) is 5.52. The zero-order chi connectivity index (χ0) is 14.3. The Morgan fingerprint density at radius 1 is 1.20 bits per heavy atom. The Morgan fingerprint density at radius 3 is 2.75 bits per heavy atom. The average Bonchev–Trinajstić information content (AvgIpc) is 2.83. The van der Waals surface area contributed by atoms with Gasteiger partial charge in [-0.25, -0.2) is 9.78 Å². The Morgan fingerprint density at radius 2 is 2.00 bits per heavy atom. The van der Waals surface area contributed by atoms with Gasteiger partial charge in [0.15, 0.2) is 0 Å². The van der Waals surface area contributed by atoms with Crippen molar-refractivity contribution >= 4 is 27.5 Å². The number of carbonyl (C=O) groups is 1. The van der Waals surface area contributed by atoms with Crippen molar-refractivity contribution in [1.82, 2.24) is 15.2 Å². The lowest BCUT2D eigenvalue weighted by Gasteiger charge is -2.00. The topological polar surface area (TPSA) is 76.0 Å². The summed E-state index contributed by atoms with van der Waals surface area (Å²) in [6.45, 7) is 3.77. The lowest BCUT2D eigenvalue weighted by atomic mass is 10.2. The molecule has 20 heavy (non-hydrogen) atoms. The van der Waals surface area contributed by atoms with Crippen LogP contribution in [-0.2, 0) is 0 Å². The molecule has 3 rings (SSSR count). The minimum Gasteiger partial charge on any atom is -0.478 e. The van der Waals surface area contributed by atoms with Crippen molar-refractivity contribution in [2.75, 3.05) is 0 Å². The second-order valence-electron chi connectivity index (χ2n) is 4.49. The largest absolute Gasteiger partial charge is 0.478 e. The molecule has 0 saturated carbocycles. The number of aryl methyl sites for hydroxylation is 2. The fourth-order valence-corrected chi connectivity index (χ4v) is 3.01. The SMILES string of the molecule is Cc1cc(-c2nc3ccc(C(=O)O)cc3s2)c(C)nn1. The van der Waals surface area contributed by atoms with E-state index in [0.29, 0.717) is 0 Å². The fraction of sp³-hybridized carbons (Fsp3) is 0.143. The number of aromatic nitrogens is 3. The van der Waals surface area contributed by atoms with Crippen LogP contribution in [0.2, 0.25) is 0 Å². The number of nitrogens with zero attached hydrogens (tertiary/aromatic N) is 3. The van der Waals surface area contributed by atoms with Gasteiger partial charge in [0.05, 0.1) is 27.2 Å². The maximum Gasteiger partial charge on any atom is 0.335 e. The van der Waals surface area contributed by atoms with Gasteiger partial charge in [0, 0.05) is 5.56 Å². The zero-order valence-electron chi connectivity index (χ0n) is 10.9. The molecule has 1 N–H and O–H groups in total. The molecule has 1 aromatic carbocycles. The van der Waals surface area contributed by atoms with Crippen LogP contribution in [0.4, 0.5) is 0 Å². The van der Waals surface area contributed by atoms with Crippen molar-refractivity contribution < 1.29 is 9.90 Å². The lowest BCUT2D eigenvalue weighted by Crippen LogP contribution is -1.94. The lowest BCUT2D eigenvalue weighted by molar-refractivity contribution is 0.0697.